The number of aromatic nitrogens is 1. The number of H-pyrrole nitrogens is 1. The smallest absolute Gasteiger partial charge is 0.247 e. The molecule has 0 amide bonds. The van der Waals surface area contributed by atoms with Crippen LogP contribution in [0, 0.1) is 0 Å². The highest BCUT2D eigenvalue weighted by atomic mass is 16.1. The van der Waals surface area contributed by atoms with Crippen molar-refractivity contribution in [1.29, 1.82) is 0 Å². The molecule has 60 valence electrons. The lowest BCUT2D eigenvalue weighted by atomic mass is 10.2. The molecule has 0 saturated heterocycles. The van der Waals surface area contributed by atoms with Crippen LogP contribution in [0.15, 0.2) is 23.1 Å². The van der Waals surface area contributed by atoms with E-state index in [-0.39, 0.29) is 5.56 Å². The zero-order valence-electron chi connectivity index (χ0n) is 6.34. The molecule has 0 aliphatic carbocycles. The van der Waals surface area contributed by atoms with E-state index < -0.39 is 0 Å². The van der Waals surface area contributed by atoms with E-state index in [1.165, 1.54) is 6.07 Å². The average molecular weight is 152 g/mol. The van der Waals surface area contributed by atoms with E-state index in [4.69, 9.17) is 5.73 Å². The summed E-state index contributed by atoms with van der Waals surface area (Å²) in [7, 11) is 0. The van der Waals surface area contributed by atoms with Crippen molar-refractivity contribution in [2.24, 2.45) is 5.73 Å². The van der Waals surface area contributed by atoms with Crippen LogP contribution >= 0.6 is 0 Å². The van der Waals surface area contributed by atoms with E-state index in [0.29, 0.717) is 6.54 Å². The van der Waals surface area contributed by atoms with Crippen LogP contribution in [-0.4, -0.2) is 11.5 Å². The Morgan fingerprint density at radius 2 is 2.27 bits per heavy atom. The van der Waals surface area contributed by atoms with Gasteiger partial charge in [-0.05, 0) is 24.9 Å². The maximum Gasteiger partial charge on any atom is 0.247 e. The first-order valence-electron chi connectivity index (χ1n) is 3.70. The number of aromatic amines is 1. The fourth-order valence-electron chi connectivity index (χ4n) is 0.904. The molecule has 0 saturated carbocycles. The Morgan fingerprint density at radius 3 is 2.82 bits per heavy atom. The first-order chi connectivity index (χ1) is 5.33. The van der Waals surface area contributed by atoms with Gasteiger partial charge in [0.2, 0.25) is 5.56 Å². The van der Waals surface area contributed by atoms with Crippen LogP contribution in [0.4, 0.5) is 0 Å². The summed E-state index contributed by atoms with van der Waals surface area (Å²) in [6.07, 6.45) is 3.64. The zero-order valence-corrected chi connectivity index (χ0v) is 6.34. The Labute approximate surface area is 65.2 Å². The lowest BCUT2D eigenvalue weighted by Crippen LogP contribution is -2.05. The molecule has 0 spiro atoms. The number of nitrogens with two attached hydrogens (primary N) is 1. The molecule has 11 heavy (non-hydrogen) atoms. The van der Waals surface area contributed by atoms with Gasteiger partial charge in [-0.3, -0.25) is 4.79 Å². The van der Waals surface area contributed by atoms with Crippen LogP contribution in [-0.2, 0) is 6.42 Å². The van der Waals surface area contributed by atoms with Crippen molar-refractivity contribution in [2.45, 2.75) is 12.8 Å². The monoisotopic (exact) mass is 152 g/mol. The molecule has 1 aromatic rings. The maximum atomic E-state index is 10.6. The van der Waals surface area contributed by atoms with Crippen molar-refractivity contribution >= 4 is 0 Å². The number of nitrogens with one attached hydrogen (secondary N) is 1. The molecule has 0 unspecified atom stereocenters. The van der Waals surface area contributed by atoms with Gasteiger partial charge in [-0.25, -0.2) is 0 Å². The molecule has 3 heteroatoms. The standard InChI is InChI=1S/C8H12N2O/c9-5-1-2-7-3-4-8(11)10-6-7/h3-4,6H,1-2,5,9H2,(H,10,11). The minimum absolute atomic E-state index is 0.0542. The molecule has 3 N–H and O–H groups in total. The highest BCUT2D eigenvalue weighted by molar-refractivity contribution is 5.08. The second-order valence-corrected chi connectivity index (χ2v) is 2.45. The minimum Gasteiger partial charge on any atom is -0.330 e. The second kappa shape index (κ2) is 3.93. The highest BCUT2D eigenvalue weighted by Crippen LogP contribution is 1.96. The summed E-state index contributed by atoms with van der Waals surface area (Å²) < 4.78 is 0. The zero-order chi connectivity index (χ0) is 8.10. The van der Waals surface area contributed by atoms with E-state index in [2.05, 4.69) is 4.98 Å². The lowest BCUT2D eigenvalue weighted by Gasteiger charge is -1.96. The largest absolute Gasteiger partial charge is 0.330 e. The van der Waals surface area contributed by atoms with Gasteiger partial charge in [0.25, 0.3) is 0 Å². The van der Waals surface area contributed by atoms with Gasteiger partial charge in [0, 0.05) is 12.3 Å². The molecule has 0 radical (unpaired) electrons. The SMILES string of the molecule is NCCCc1ccc(=O)[nH]c1. The predicted molar refractivity (Wildman–Crippen MR) is 44.4 cm³/mol. The van der Waals surface area contributed by atoms with Crippen LogP contribution in [0.2, 0.25) is 0 Å². The van der Waals surface area contributed by atoms with E-state index in [0.717, 1.165) is 18.4 Å². The van der Waals surface area contributed by atoms with Crippen LogP contribution in [0.3, 0.4) is 0 Å². The molecule has 0 atom stereocenters. The van der Waals surface area contributed by atoms with Gasteiger partial charge in [0.05, 0.1) is 0 Å². The Balaban J connectivity index is 2.59. The fourth-order valence-corrected chi connectivity index (χ4v) is 0.904. The molecule has 0 fully saturated rings. The Bertz CT molecular complexity index is 247. The molecule has 3 nitrogen and oxygen atoms in total. The van der Waals surface area contributed by atoms with E-state index in [9.17, 15) is 4.79 Å². The number of aryl methyl sites for hydroxylation is 1. The highest BCUT2D eigenvalue weighted by Gasteiger charge is 1.90. The van der Waals surface area contributed by atoms with Crippen LogP contribution in [0.5, 0.6) is 0 Å². The summed E-state index contributed by atoms with van der Waals surface area (Å²) >= 11 is 0. The first kappa shape index (κ1) is 8.01. The van der Waals surface area contributed by atoms with Crippen molar-refractivity contribution in [3.05, 3.63) is 34.2 Å². The third-order valence-corrected chi connectivity index (χ3v) is 1.52. The molecule has 0 bridgehead atoms. The number of rotatable bonds is 3. The van der Waals surface area contributed by atoms with Crippen molar-refractivity contribution in [3.63, 3.8) is 0 Å². The Kier molecular flexibility index (Phi) is 2.86. The van der Waals surface area contributed by atoms with Gasteiger partial charge in [-0.1, -0.05) is 6.07 Å². The normalized spacial score (nSPS) is 9.91. The van der Waals surface area contributed by atoms with Gasteiger partial charge in [-0.15, -0.1) is 0 Å². The molecular weight excluding hydrogens is 140 g/mol. The number of pyridine rings is 1. The van der Waals surface area contributed by atoms with Crippen molar-refractivity contribution in [3.8, 4) is 0 Å². The maximum absolute atomic E-state index is 10.6. The topological polar surface area (TPSA) is 58.9 Å². The van der Waals surface area contributed by atoms with Crippen molar-refractivity contribution in [2.75, 3.05) is 6.54 Å². The molecule has 0 aliphatic rings. The Hall–Kier alpha value is -1.09. The van der Waals surface area contributed by atoms with Gasteiger partial charge in [-0.2, -0.15) is 0 Å². The Morgan fingerprint density at radius 1 is 1.45 bits per heavy atom. The predicted octanol–water partition coefficient (Wildman–Crippen LogP) is 0.266. The van der Waals surface area contributed by atoms with Gasteiger partial charge < -0.3 is 10.7 Å². The molecule has 1 heterocycles. The minimum atomic E-state index is -0.0542. The van der Waals surface area contributed by atoms with E-state index in [1.807, 2.05) is 6.07 Å². The number of hydrogen-bond donors (Lipinski definition) is 2. The van der Waals surface area contributed by atoms with E-state index in [1.54, 1.807) is 6.20 Å². The summed E-state index contributed by atoms with van der Waals surface area (Å²) in [5.74, 6) is 0. The molecular formula is C8H12N2O. The summed E-state index contributed by atoms with van der Waals surface area (Å²) in [6, 6.07) is 3.36. The fraction of sp³-hybridized carbons (Fsp3) is 0.375. The third-order valence-electron chi connectivity index (χ3n) is 1.52. The first-order valence-corrected chi connectivity index (χ1v) is 3.70. The summed E-state index contributed by atoms with van der Waals surface area (Å²) in [4.78, 5) is 13.2. The van der Waals surface area contributed by atoms with E-state index >= 15 is 0 Å². The summed E-state index contributed by atoms with van der Waals surface area (Å²) in [5, 5.41) is 0. The van der Waals surface area contributed by atoms with Crippen LogP contribution < -0.4 is 11.3 Å². The average Bonchev–Trinajstić information content (AvgIpc) is 2.04. The number of hydrogen-bond acceptors (Lipinski definition) is 2. The second-order valence-electron chi connectivity index (χ2n) is 2.45. The third kappa shape index (κ3) is 2.55. The summed E-state index contributed by atoms with van der Waals surface area (Å²) in [5.41, 5.74) is 6.41. The van der Waals surface area contributed by atoms with Crippen LogP contribution in [0.1, 0.15) is 12.0 Å². The van der Waals surface area contributed by atoms with Gasteiger partial charge in [0.1, 0.15) is 0 Å². The van der Waals surface area contributed by atoms with Gasteiger partial charge in [0.15, 0.2) is 0 Å². The van der Waals surface area contributed by atoms with Crippen molar-refractivity contribution < 1.29 is 0 Å². The van der Waals surface area contributed by atoms with Crippen LogP contribution in [0.25, 0.3) is 0 Å². The van der Waals surface area contributed by atoms with Crippen molar-refractivity contribution in [1.82, 2.24) is 4.98 Å². The summed E-state index contributed by atoms with van der Waals surface area (Å²) in [6.45, 7) is 0.694. The quantitative estimate of drug-likeness (QED) is 0.653. The molecule has 0 aromatic carbocycles. The molecule has 1 aromatic heterocycles. The molecule has 1 rings (SSSR count). The molecule has 0 aliphatic heterocycles. The lowest BCUT2D eigenvalue weighted by molar-refractivity contribution is 0.828. The van der Waals surface area contributed by atoms with Gasteiger partial charge >= 0.3 is 0 Å².